The van der Waals surface area contributed by atoms with Crippen LogP contribution < -0.4 is 4.72 Å². The van der Waals surface area contributed by atoms with Gasteiger partial charge in [-0.15, -0.1) is 0 Å². The second kappa shape index (κ2) is 4.41. The normalized spacial score (nSPS) is 11.5. The van der Waals surface area contributed by atoms with E-state index in [-0.39, 0.29) is 4.90 Å². The molecule has 18 heavy (non-hydrogen) atoms. The van der Waals surface area contributed by atoms with Gasteiger partial charge in [-0.05, 0) is 32.4 Å². The van der Waals surface area contributed by atoms with Crippen molar-refractivity contribution in [1.29, 1.82) is 0 Å². The Balaban J connectivity index is 2.36. The van der Waals surface area contributed by atoms with E-state index in [9.17, 15) is 8.42 Å². The molecule has 0 aromatic carbocycles. The smallest absolute Gasteiger partial charge is 0.266 e. The lowest BCUT2D eigenvalue weighted by molar-refractivity contribution is 0.600. The first-order valence-electron chi connectivity index (χ1n) is 5.37. The zero-order valence-electron chi connectivity index (χ0n) is 10.4. The zero-order chi connectivity index (χ0) is 13.3. The summed E-state index contributed by atoms with van der Waals surface area (Å²) >= 11 is 0. The summed E-state index contributed by atoms with van der Waals surface area (Å²) < 4.78 is 26.8. The minimum absolute atomic E-state index is 0.171. The highest BCUT2D eigenvalue weighted by Gasteiger charge is 2.22. The molecule has 2 rings (SSSR count). The fourth-order valence-corrected chi connectivity index (χ4v) is 3.03. The number of hydrogen-bond acceptors (Lipinski definition) is 4. The Bertz CT molecular complexity index is 639. The van der Waals surface area contributed by atoms with Crippen LogP contribution >= 0.6 is 0 Å². The van der Waals surface area contributed by atoms with E-state index < -0.39 is 10.0 Å². The fourth-order valence-electron chi connectivity index (χ4n) is 1.65. The number of aromatic nitrogens is 3. The van der Waals surface area contributed by atoms with Crippen molar-refractivity contribution >= 4 is 15.8 Å². The number of anilines is 1. The van der Waals surface area contributed by atoms with Crippen LogP contribution in [0, 0.1) is 20.8 Å². The van der Waals surface area contributed by atoms with Gasteiger partial charge >= 0.3 is 0 Å². The number of H-pyrrole nitrogens is 1. The minimum Gasteiger partial charge on any atom is -0.281 e. The number of sulfonamides is 1. The lowest BCUT2D eigenvalue weighted by atomic mass is 10.3. The van der Waals surface area contributed by atoms with Crippen molar-refractivity contribution in [1.82, 2.24) is 15.2 Å². The average molecular weight is 266 g/mol. The van der Waals surface area contributed by atoms with E-state index >= 15 is 0 Å². The van der Waals surface area contributed by atoms with E-state index in [1.54, 1.807) is 32.2 Å². The van der Waals surface area contributed by atoms with Crippen molar-refractivity contribution in [2.75, 3.05) is 4.72 Å². The molecule has 7 heteroatoms. The largest absolute Gasteiger partial charge is 0.281 e. The standard InChI is InChI=1S/C11H14N4O2S/c1-7-4-5-10(12-6-7)15-18(16,17)11-8(2)13-14-9(11)3/h4-6H,1-3H3,(H,12,15)(H,13,14). The maximum Gasteiger partial charge on any atom is 0.266 e. The number of aryl methyl sites for hydroxylation is 3. The summed E-state index contributed by atoms with van der Waals surface area (Å²) in [5, 5.41) is 6.52. The molecule has 0 saturated heterocycles. The number of pyridine rings is 1. The van der Waals surface area contributed by atoms with E-state index in [1.807, 2.05) is 6.92 Å². The van der Waals surface area contributed by atoms with Crippen LogP contribution in [0.5, 0.6) is 0 Å². The molecule has 2 heterocycles. The van der Waals surface area contributed by atoms with Gasteiger partial charge in [0.15, 0.2) is 0 Å². The van der Waals surface area contributed by atoms with Crippen LogP contribution in [0.25, 0.3) is 0 Å². The molecule has 0 amide bonds. The zero-order valence-corrected chi connectivity index (χ0v) is 11.2. The first-order chi connectivity index (χ1) is 8.40. The lowest BCUT2D eigenvalue weighted by Gasteiger charge is -2.07. The SMILES string of the molecule is Cc1ccc(NS(=O)(=O)c2c(C)n[nH]c2C)nc1. The van der Waals surface area contributed by atoms with Gasteiger partial charge in [-0.2, -0.15) is 5.10 Å². The molecule has 96 valence electrons. The molecule has 0 radical (unpaired) electrons. The summed E-state index contributed by atoms with van der Waals surface area (Å²) in [5.41, 5.74) is 1.91. The van der Waals surface area contributed by atoms with Crippen molar-refractivity contribution in [2.45, 2.75) is 25.7 Å². The number of aromatic amines is 1. The molecule has 0 aliphatic rings. The molecule has 2 N–H and O–H groups in total. The quantitative estimate of drug-likeness (QED) is 0.881. The van der Waals surface area contributed by atoms with E-state index in [0.29, 0.717) is 17.2 Å². The van der Waals surface area contributed by atoms with Crippen LogP contribution in [-0.4, -0.2) is 23.6 Å². The molecule has 0 aliphatic carbocycles. The maximum absolute atomic E-state index is 12.2. The predicted molar refractivity (Wildman–Crippen MR) is 67.8 cm³/mol. The summed E-state index contributed by atoms with van der Waals surface area (Å²) in [6.45, 7) is 5.19. The molecule has 0 bridgehead atoms. The summed E-state index contributed by atoms with van der Waals surface area (Å²) in [4.78, 5) is 4.18. The summed E-state index contributed by atoms with van der Waals surface area (Å²) in [7, 11) is -3.65. The molecular weight excluding hydrogens is 252 g/mol. The Hall–Kier alpha value is -1.89. The van der Waals surface area contributed by atoms with Crippen molar-refractivity contribution in [3.05, 3.63) is 35.3 Å². The highest BCUT2D eigenvalue weighted by molar-refractivity contribution is 7.92. The van der Waals surface area contributed by atoms with Gasteiger partial charge in [0.2, 0.25) is 0 Å². The van der Waals surface area contributed by atoms with Gasteiger partial charge in [0.1, 0.15) is 10.7 Å². The number of nitrogens with zero attached hydrogens (tertiary/aromatic N) is 2. The van der Waals surface area contributed by atoms with Crippen LogP contribution in [0.2, 0.25) is 0 Å². The van der Waals surface area contributed by atoms with Crippen molar-refractivity contribution in [2.24, 2.45) is 0 Å². The van der Waals surface area contributed by atoms with E-state index in [1.165, 1.54) is 0 Å². The molecule has 2 aromatic heterocycles. The average Bonchev–Trinajstić information content (AvgIpc) is 2.62. The van der Waals surface area contributed by atoms with Gasteiger partial charge in [0.25, 0.3) is 10.0 Å². The Morgan fingerprint density at radius 3 is 2.44 bits per heavy atom. The summed E-state index contributed by atoms with van der Waals surface area (Å²) in [6, 6.07) is 3.41. The Morgan fingerprint density at radius 2 is 1.94 bits per heavy atom. The lowest BCUT2D eigenvalue weighted by Crippen LogP contribution is -2.15. The van der Waals surface area contributed by atoms with Crippen LogP contribution in [-0.2, 0) is 10.0 Å². The van der Waals surface area contributed by atoms with Crippen molar-refractivity contribution in [3.63, 3.8) is 0 Å². The van der Waals surface area contributed by atoms with Crippen LogP contribution in [0.3, 0.4) is 0 Å². The predicted octanol–water partition coefficient (Wildman–Crippen LogP) is 1.53. The van der Waals surface area contributed by atoms with Gasteiger partial charge < -0.3 is 0 Å². The van der Waals surface area contributed by atoms with Crippen LogP contribution in [0.1, 0.15) is 17.0 Å². The maximum atomic E-state index is 12.2. The molecule has 0 fully saturated rings. The van der Waals surface area contributed by atoms with Gasteiger partial charge in [-0.1, -0.05) is 6.07 Å². The van der Waals surface area contributed by atoms with Crippen LogP contribution in [0.4, 0.5) is 5.82 Å². The summed E-state index contributed by atoms with van der Waals surface area (Å²) in [6.07, 6.45) is 1.60. The van der Waals surface area contributed by atoms with E-state index in [4.69, 9.17) is 0 Å². The Morgan fingerprint density at radius 1 is 1.22 bits per heavy atom. The molecule has 0 atom stereocenters. The fraction of sp³-hybridized carbons (Fsp3) is 0.273. The molecule has 6 nitrogen and oxygen atoms in total. The Kier molecular flexibility index (Phi) is 3.08. The molecular formula is C11H14N4O2S. The summed E-state index contributed by atoms with van der Waals surface area (Å²) in [5.74, 6) is 0.292. The highest BCUT2D eigenvalue weighted by atomic mass is 32.2. The first kappa shape index (κ1) is 12.6. The monoisotopic (exact) mass is 266 g/mol. The topological polar surface area (TPSA) is 87.7 Å². The van der Waals surface area contributed by atoms with Crippen molar-refractivity contribution in [3.8, 4) is 0 Å². The third-order valence-corrected chi connectivity index (χ3v) is 4.10. The molecule has 2 aromatic rings. The van der Waals surface area contributed by atoms with E-state index in [0.717, 1.165) is 5.56 Å². The third kappa shape index (κ3) is 2.35. The number of nitrogens with one attached hydrogen (secondary N) is 2. The molecule has 0 saturated carbocycles. The molecule has 0 unspecified atom stereocenters. The minimum atomic E-state index is -3.65. The van der Waals surface area contributed by atoms with Gasteiger partial charge in [0.05, 0.1) is 11.4 Å². The Labute approximate surface area is 106 Å². The third-order valence-electron chi connectivity index (χ3n) is 2.48. The first-order valence-corrected chi connectivity index (χ1v) is 6.85. The van der Waals surface area contributed by atoms with Gasteiger partial charge in [-0.25, -0.2) is 13.4 Å². The highest BCUT2D eigenvalue weighted by Crippen LogP contribution is 2.19. The number of rotatable bonds is 3. The van der Waals surface area contributed by atoms with Gasteiger partial charge in [0, 0.05) is 6.20 Å². The van der Waals surface area contributed by atoms with Gasteiger partial charge in [-0.3, -0.25) is 9.82 Å². The van der Waals surface area contributed by atoms with Crippen molar-refractivity contribution < 1.29 is 8.42 Å². The number of hydrogen-bond donors (Lipinski definition) is 2. The molecule has 0 aliphatic heterocycles. The second-order valence-corrected chi connectivity index (χ2v) is 5.71. The molecule has 0 spiro atoms. The second-order valence-electron chi connectivity index (χ2n) is 4.09. The van der Waals surface area contributed by atoms with Crippen LogP contribution in [0.15, 0.2) is 23.2 Å². The van der Waals surface area contributed by atoms with E-state index in [2.05, 4.69) is 19.9 Å².